The SMILES string of the molecule is O=C(NC1CCC1)C1(Cc2ccccc2F)CCOCC1. The lowest BCUT2D eigenvalue weighted by Gasteiger charge is -2.38. The van der Waals surface area contributed by atoms with E-state index in [0.717, 1.165) is 12.8 Å². The van der Waals surface area contributed by atoms with Crippen LogP contribution in [0.15, 0.2) is 24.3 Å². The molecule has 1 saturated carbocycles. The Balaban J connectivity index is 1.78. The zero-order chi connectivity index (χ0) is 14.7. The van der Waals surface area contributed by atoms with Gasteiger partial charge in [0.05, 0.1) is 5.41 Å². The van der Waals surface area contributed by atoms with E-state index >= 15 is 0 Å². The Morgan fingerprint density at radius 1 is 1.29 bits per heavy atom. The standard InChI is InChI=1S/C17H22FNO2/c18-15-7-2-1-4-13(15)12-17(8-10-21-11-9-17)16(20)19-14-5-3-6-14/h1-2,4,7,14H,3,5-6,8-12H2,(H,19,20). The van der Waals surface area contributed by atoms with E-state index in [1.54, 1.807) is 12.1 Å². The van der Waals surface area contributed by atoms with Gasteiger partial charge >= 0.3 is 0 Å². The molecule has 0 spiro atoms. The molecule has 3 nitrogen and oxygen atoms in total. The molecule has 4 heteroatoms. The second-order valence-corrected chi connectivity index (χ2v) is 6.26. The molecule has 1 aromatic rings. The van der Waals surface area contributed by atoms with Crippen molar-refractivity contribution in [3.8, 4) is 0 Å². The Bertz CT molecular complexity index is 507. The topological polar surface area (TPSA) is 38.3 Å². The molecule has 1 aliphatic carbocycles. The molecule has 0 bridgehead atoms. The molecular formula is C17H22FNO2. The highest BCUT2D eigenvalue weighted by molar-refractivity contribution is 5.83. The third kappa shape index (κ3) is 3.10. The van der Waals surface area contributed by atoms with Crippen LogP contribution in [0.2, 0.25) is 0 Å². The lowest BCUT2D eigenvalue weighted by molar-refractivity contribution is -0.138. The van der Waals surface area contributed by atoms with Crippen LogP contribution in [0.1, 0.15) is 37.7 Å². The van der Waals surface area contributed by atoms with E-state index in [1.165, 1.54) is 12.5 Å². The molecule has 1 aromatic carbocycles. The van der Waals surface area contributed by atoms with Gasteiger partial charge in [-0.1, -0.05) is 18.2 Å². The maximum Gasteiger partial charge on any atom is 0.226 e. The van der Waals surface area contributed by atoms with Crippen molar-refractivity contribution in [1.29, 1.82) is 0 Å². The Hall–Kier alpha value is -1.42. The van der Waals surface area contributed by atoms with Gasteiger partial charge in [0.15, 0.2) is 0 Å². The van der Waals surface area contributed by atoms with E-state index in [1.807, 2.05) is 6.07 Å². The number of benzene rings is 1. The zero-order valence-corrected chi connectivity index (χ0v) is 12.2. The highest BCUT2D eigenvalue weighted by atomic mass is 19.1. The summed E-state index contributed by atoms with van der Waals surface area (Å²) >= 11 is 0. The summed E-state index contributed by atoms with van der Waals surface area (Å²) in [6.07, 6.45) is 5.12. The van der Waals surface area contributed by atoms with Crippen LogP contribution in [0.4, 0.5) is 4.39 Å². The molecule has 0 atom stereocenters. The van der Waals surface area contributed by atoms with Gasteiger partial charge in [0.25, 0.3) is 0 Å². The first kappa shape index (κ1) is 14.5. The molecule has 1 aliphatic heterocycles. The van der Waals surface area contributed by atoms with E-state index in [9.17, 15) is 9.18 Å². The van der Waals surface area contributed by atoms with Crippen LogP contribution in [0.25, 0.3) is 0 Å². The summed E-state index contributed by atoms with van der Waals surface area (Å²) in [5.41, 5.74) is 0.110. The van der Waals surface area contributed by atoms with E-state index in [2.05, 4.69) is 5.32 Å². The number of amides is 1. The number of nitrogens with one attached hydrogen (secondary N) is 1. The van der Waals surface area contributed by atoms with Crippen molar-refractivity contribution >= 4 is 5.91 Å². The Morgan fingerprint density at radius 2 is 2.00 bits per heavy atom. The number of ether oxygens (including phenoxy) is 1. The maximum absolute atomic E-state index is 14.0. The van der Waals surface area contributed by atoms with E-state index < -0.39 is 5.41 Å². The molecule has 21 heavy (non-hydrogen) atoms. The number of hydrogen-bond acceptors (Lipinski definition) is 2. The van der Waals surface area contributed by atoms with Crippen molar-refractivity contribution in [3.63, 3.8) is 0 Å². The number of halogens is 1. The fourth-order valence-corrected chi connectivity index (χ4v) is 3.14. The highest BCUT2D eigenvalue weighted by Gasteiger charge is 2.41. The minimum atomic E-state index is -0.518. The number of carbonyl (C=O) groups excluding carboxylic acids is 1. The lowest BCUT2D eigenvalue weighted by atomic mass is 9.73. The van der Waals surface area contributed by atoms with Crippen molar-refractivity contribution in [2.24, 2.45) is 5.41 Å². The third-order valence-electron chi connectivity index (χ3n) is 4.86. The summed E-state index contributed by atoms with van der Waals surface area (Å²) in [5, 5.41) is 3.15. The fraction of sp³-hybridized carbons (Fsp3) is 0.588. The largest absolute Gasteiger partial charge is 0.381 e. The second-order valence-electron chi connectivity index (χ2n) is 6.26. The minimum absolute atomic E-state index is 0.0822. The average molecular weight is 291 g/mol. The Morgan fingerprint density at radius 3 is 2.62 bits per heavy atom. The quantitative estimate of drug-likeness (QED) is 0.926. The van der Waals surface area contributed by atoms with Gasteiger partial charge in [0, 0.05) is 19.3 Å². The molecule has 2 fully saturated rings. The summed E-state index contributed by atoms with van der Waals surface area (Å²) < 4.78 is 19.4. The zero-order valence-electron chi connectivity index (χ0n) is 12.2. The first-order valence-corrected chi connectivity index (χ1v) is 7.82. The summed E-state index contributed by atoms with van der Waals surface area (Å²) in [7, 11) is 0. The van der Waals surface area contributed by atoms with Crippen LogP contribution < -0.4 is 5.32 Å². The summed E-state index contributed by atoms with van der Waals surface area (Å²) in [4.78, 5) is 12.7. The summed E-state index contributed by atoms with van der Waals surface area (Å²) in [6.45, 7) is 1.15. The first-order valence-electron chi connectivity index (χ1n) is 7.82. The molecule has 3 rings (SSSR count). The summed E-state index contributed by atoms with van der Waals surface area (Å²) in [6, 6.07) is 7.08. The molecule has 1 saturated heterocycles. The first-order chi connectivity index (χ1) is 10.2. The monoisotopic (exact) mass is 291 g/mol. The maximum atomic E-state index is 14.0. The van der Waals surface area contributed by atoms with Crippen LogP contribution in [0, 0.1) is 11.2 Å². The van der Waals surface area contributed by atoms with E-state index in [0.29, 0.717) is 44.1 Å². The van der Waals surface area contributed by atoms with Crippen LogP contribution >= 0.6 is 0 Å². The molecule has 0 unspecified atom stereocenters. The smallest absolute Gasteiger partial charge is 0.226 e. The van der Waals surface area contributed by atoms with Gasteiger partial charge in [-0.2, -0.15) is 0 Å². The molecule has 1 amide bonds. The van der Waals surface area contributed by atoms with Crippen molar-refractivity contribution < 1.29 is 13.9 Å². The van der Waals surface area contributed by atoms with Crippen LogP contribution in [-0.4, -0.2) is 25.2 Å². The molecule has 1 N–H and O–H groups in total. The molecule has 1 heterocycles. The normalized spacial score (nSPS) is 21.6. The van der Waals surface area contributed by atoms with Crippen LogP contribution in [0.5, 0.6) is 0 Å². The fourth-order valence-electron chi connectivity index (χ4n) is 3.14. The molecule has 0 radical (unpaired) electrons. The molecule has 0 aromatic heterocycles. The second kappa shape index (κ2) is 6.14. The van der Waals surface area contributed by atoms with Gasteiger partial charge in [-0.05, 0) is 50.2 Å². The van der Waals surface area contributed by atoms with E-state index in [-0.39, 0.29) is 11.7 Å². The van der Waals surface area contributed by atoms with Crippen LogP contribution in [-0.2, 0) is 16.0 Å². The predicted molar refractivity (Wildman–Crippen MR) is 78.4 cm³/mol. The molecule has 2 aliphatic rings. The highest BCUT2D eigenvalue weighted by Crippen LogP contribution is 2.36. The molecular weight excluding hydrogens is 269 g/mol. The van der Waals surface area contributed by atoms with Crippen LogP contribution in [0.3, 0.4) is 0 Å². The average Bonchev–Trinajstić information content (AvgIpc) is 2.46. The number of rotatable bonds is 4. The lowest BCUT2D eigenvalue weighted by Crippen LogP contribution is -2.51. The number of carbonyl (C=O) groups is 1. The van der Waals surface area contributed by atoms with Gasteiger partial charge in [0.2, 0.25) is 5.91 Å². The van der Waals surface area contributed by atoms with Gasteiger partial charge < -0.3 is 10.1 Å². The van der Waals surface area contributed by atoms with Gasteiger partial charge in [-0.15, -0.1) is 0 Å². The minimum Gasteiger partial charge on any atom is -0.381 e. The van der Waals surface area contributed by atoms with Crippen molar-refractivity contribution in [1.82, 2.24) is 5.32 Å². The van der Waals surface area contributed by atoms with E-state index in [4.69, 9.17) is 4.74 Å². The van der Waals surface area contributed by atoms with Gasteiger partial charge in [-0.3, -0.25) is 4.79 Å². The number of hydrogen-bond donors (Lipinski definition) is 1. The molecule has 114 valence electrons. The van der Waals surface area contributed by atoms with Crippen molar-refractivity contribution in [2.45, 2.75) is 44.6 Å². The van der Waals surface area contributed by atoms with Crippen molar-refractivity contribution in [2.75, 3.05) is 13.2 Å². The predicted octanol–water partition coefficient (Wildman–Crippen LogP) is 2.83. The van der Waals surface area contributed by atoms with Crippen molar-refractivity contribution in [3.05, 3.63) is 35.6 Å². The summed E-state index contributed by atoms with van der Waals surface area (Å²) in [5.74, 6) is -0.140. The Kier molecular flexibility index (Phi) is 4.24. The van der Waals surface area contributed by atoms with Gasteiger partial charge in [-0.25, -0.2) is 4.39 Å². The Labute approximate surface area is 124 Å². The van der Waals surface area contributed by atoms with Gasteiger partial charge in [0.1, 0.15) is 5.82 Å². The third-order valence-corrected chi connectivity index (χ3v) is 4.86.